The molecule has 0 spiro atoms. The van der Waals surface area contributed by atoms with E-state index in [-0.39, 0.29) is 6.03 Å². The van der Waals surface area contributed by atoms with Gasteiger partial charge in [-0.05, 0) is 37.8 Å². The summed E-state index contributed by atoms with van der Waals surface area (Å²) in [6.45, 7) is 4.86. The fourth-order valence-corrected chi connectivity index (χ4v) is 4.28. The van der Waals surface area contributed by atoms with Gasteiger partial charge in [-0.1, -0.05) is 12.1 Å². The quantitative estimate of drug-likeness (QED) is 0.888. The maximum absolute atomic E-state index is 12.2. The first-order valence-corrected chi connectivity index (χ1v) is 9.46. The lowest BCUT2D eigenvalue weighted by atomic mass is 10.2. The second-order valence-corrected chi connectivity index (χ2v) is 7.69. The number of hydrogen-bond donors (Lipinski definition) is 2. The molecule has 23 heavy (non-hydrogen) atoms. The van der Waals surface area contributed by atoms with E-state index in [2.05, 4.69) is 33.5 Å². The lowest BCUT2D eigenvalue weighted by Gasteiger charge is -2.35. The highest BCUT2D eigenvalue weighted by atomic mass is 32.2. The highest BCUT2D eigenvalue weighted by molar-refractivity contribution is 8.00. The Hall–Kier alpha value is -1.40. The first-order valence-electron chi connectivity index (χ1n) is 8.41. The van der Waals surface area contributed by atoms with Crippen LogP contribution in [0.2, 0.25) is 0 Å². The van der Waals surface area contributed by atoms with Gasteiger partial charge >= 0.3 is 6.03 Å². The Morgan fingerprint density at radius 2 is 2.04 bits per heavy atom. The minimum Gasteiger partial charge on any atom is -0.367 e. The van der Waals surface area contributed by atoms with Crippen LogP contribution in [0.4, 0.5) is 16.2 Å². The Morgan fingerprint density at radius 1 is 1.26 bits per heavy atom. The minimum atomic E-state index is -0.0981. The summed E-state index contributed by atoms with van der Waals surface area (Å²) in [7, 11) is 2.15. The van der Waals surface area contributed by atoms with Crippen LogP contribution in [0.25, 0.3) is 0 Å². The number of carbonyl (C=O) groups excluding carboxylic acids is 1. The standard InChI is InChI=1S/C17H26N4OS/c1-20-8-10-21(11-9-20)16-7-3-2-6-15(16)19-17(22)18-13-14-5-4-12-23-14/h2-3,6-7,14H,4-5,8-13H2,1H3,(H2,18,19,22)/t14-/m1/s1. The van der Waals surface area contributed by atoms with E-state index in [4.69, 9.17) is 0 Å². The lowest BCUT2D eigenvalue weighted by Crippen LogP contribution is -2.45. The summed E-state index contributed by atoms with van der Waals surface area (Å²) in [4.78, 5) is 16.9. The Morgan fingerprint density at radius 3 is 2.78 bits per heavy atom. The van der Waals surface area contributed by atoms with Gasteiger partial charge in [-0.3, -0.25) is 0 Å². The number of nitrogens with zero attached hydrogens (tertiary/aromatic N) is 2. The fourth-order valence-electron chi connectivity index (χ4n) is 3.08. The summed E-state index contributed by atoms with van der Waals surface area (Å²) >= 11 is 1.96. The molecule has 2 aliphatic heterocycles. The van der Waals surface area contributed by atoms with Crippen molar-refractivity contribution in [3.63, 3.8) is 0 Å². The van der Waals surface area contributed by atoms with Crippen molar-refractivity contribution in [1.29, 1.82) is 0 Å². The van der Waals surface area contributed by atoms with Crippen LogP contribution in [0.3, 0.4) is 0 Å². The van der Waals surface area contributed by atoms with E-state index in [1.54, 1.807) is 0 Å². The highest BCUT2D eigenvalue weighted by Crippen LogP contribution is 2.27. The zero-order valence-electron chi connectivity index (χ0n) is 13.8. The molecule has 1 aromatic rings. The average Bonchev–Trinajstić information content (AvgIpc) is 3.08. The predicted molar refractivity (Wildman–Crippen MR) is 98.7 cm³/mol. The summed E-state index contributed by atoms with van der Waals surface area (Å²) in [6, 6.07) is 7.98. The number of amides is 2. The van der Waals surface area contributed by atoms with Gasteiger partial charge in [0.15, 0.2) is 0 Å². The molecule has 1 aromatic carbocycles. The molecule has 2 saturated heterocycles. The van der Waals surface area contributed by atoms with Crippen molar-refractivity contribution in [2.24, 2.45) is 0 Å². The first kappa shape index (κ1) is 16.5. The number of likely N-dealkylation sites (N-methyl/N-ethyl adjacent to an activating group) is 1. The van der Waals surface area contributed by atoms with E-state index in [0.29, 0.717) is 5.25 Å². The van der Waals surface area contributed by atoms with Gasteiger partial charge in [-0.15, -0.1) is 0 Å². The maximum atomic E-state index is 12.2. The number of anilines is 2. The molecule has 0 bridgehead atoms. The van der Waals surface area contributed by atoms with Gasteiger partial charge < -0.3 is 20.4 Å². The molecule has 3 rings (SSSR count). The number of rotatable bonds is 4. The molecule has 2 fully saturated rings. The molecule has 0 aliphatic carbocycles. The van der Waals surface area contributed by atoms with E-state index < -0.39 is 0 Å². The molecular weight excluding hydrogens is 308 g/mol. The van der Waals surface area contributed by atoms with Gasteiger partial charge in [-0.2, -0.15) is 11.8 Å². The summed E-state index contributed by atoms with van der Waals surface area (Å²) in [5, 5.41) is 6.62. The summed E-state index contributed by atoms with van der Waals surface area (Å²) in [5.74, 6) is 1.22. The van der Waals surface area contributed by atoms with Crippen molar-refractivity contribution in [3.8, 4) is 0 Å². The van der Waals surface area contributed by atoms with E-state index >= 15 is 0 Å². The van der Waals surface area contributed by atoms with Crippen molar-refractivity contribution in [1.82, 2.24) is 10.2 Å². The number of thioether (sulfide) groups is 1. The van der Waals surface area contributed by atoms with E-state index in [1.165, 1.54) is 18.6 Å². The monoisotopic (exact) mass is 334 g/mol. The van der Waals surface area contributed by atoms with Crippen LogP contribution >= 0.6 is 11.8 Å². The molecular formula is C17H26N4OS. The molecule has 2 N–H and O–H groups in total. The van der Waals surface area contributed by atoms with Crippen molar-refractivity contribution in [2.45, 2.75) is 18.1 Å². The molecule has 0 unspecified atom stereocenters. The summed E-state index contributed by atoms with van der Waals surface area (Å²) in [5.41, 5.74) is 2.01. The molecule has 0 aromatic heterocycles. The van der Waals surface area contributed by atoms with Crippen LogP contribution in [-0.2, 0) is 0 Å². The normalized spacial score (nSPS) is 22.1. The van der Waals surface area contributed by atoms with Gasteiger partial charge in [0.1, 0.15) is 0 Å². The third-order valence-electron chi connectivity index (χ3n) is 4.51. The zero-order chi connectivity index (χ0) is 16.1. The molecule has 2 amide bonds. The van der Waals surface area contributed by atoms with Crippen molar-refractivity contribution in [3.05, 3.63) is 24.3 Å². The van der Waals surface area contributed by atoms with E-state index in [1.807, 2.05) is 30.0 Å². The third kappa shape index (κ3) is 4.54. The van der Waals surface area contributed by atoms with Gasteiger partial charge in [0.05, 0.1) is 11.4 Å². The molecule has 126 valence electrons. The number of nitrogens with one attached hydrogen (secondary N) is 2. The van der Waals surface area contributed by atoms with Crippen LogP contribution in [0, 0.1) is 0 Å². The molecule has 5 nitrogen and oxygen atoms in total. The molecule has 2 aliphatic rings. The molecule has 0 radical (unpaired) electrons. The largest absolute Gasteiger partial charge is 0.367 e. The smallest absolute Gasteiger partial charge is 0.319 e. The Bertz CT molecular complexity index is 525. The topological polar surface area (TPSA) is 47.6 Å². The van der Waals surface area contributed by atoms with E-state index in [0.717, 1.165) is 44.1 Å². The summed E-state index contributed by atoms with van der Waals surface area (Å²) < 4.78 is 0. The second-order valence-electron chi connectivity index (χ2n) is 6.28. The number of urea groups is 1. The van der Waals surface area contributed by atoms with Crippen molar-refractivity contribution < 1.29 is 4.79 Å². The zero-order valence-corrected chi connectivity index (χ0v) is 14.6. The van der Waals surface area contributed by atoms with Gasteiger partial charge in [0, 0.05) is 38.0 Å². The Labute approximate surface area is 142 Å². The van der Waals surface area contributed by atoms with Crippen LogP contribution in [0.5, 0.6) is 0 Å². The second kappa shape index (κ2) is 7.93. The molecule has 6 heteroatoms. The number of para-hydroxylation sites is 2. The van der Waals surface area contributed by atoms with Crippen molar-refractivity contribution in [2.75, 3.05) is 55.7 Å². The van der Waals surface area contributed by atoms with Crippen LogP contribution in [0.15, 0.2) is 24.3 Å². The van der Waals surface area contributed by atoms with E-state index in [9.17, 15) is 4.79 Å². The molecule has 0 saturated carbocycles. The lowest BCUT2D eigenvalue weighted by molar-refractivity contribution is 0.252. The predicted octanol–water partition coefficient (Wildman–Crippen LogP) is 2.46. The number of piperazine rings is 1. The van der Waals surface area contributed by atoms with Crippen LogP contribution in [0.1, 0.15) is 12.8 Å². The average molecular weight is 334 g/mol. The number of hydrogen-bond acceptors (Lipinski definition) is 4. The number of benzene rings is 1. The Balaban J connectivity index is 1.57. The minimum absolute atomic E-state index is 0.0981. The fraction of sp³-hybridized carbons (Fsp3) is 0.588. The van der Waals surface area contributed by atoms with Crippen LogP contribution in [-0.4, -0.2) is 61.7 Å². The first-order chi connectivity index (χ1) is 11.2. The van der Waals surface area contributed by atoms with Gasteiger partial charge in [0.25, 0.3) is 0 Å². The molecule has 2 heterocycles. The van der Waals surface area contributed by atoms with Gasteiger partial charge in [-0.25, -0.2) is 4.79 Å². The van der Waals surface area contributed by atoms with Crippen LogP contribution < -0.4 is 15.5 Å². The SMILES string of the molecule is CN1CCN(c2ccccc2NC(=O)NC[C@H]2CCCS2)CC1. The third-order valence-corrected chi connectivity index (χ3v) is 5.91. The molecule has 1 atom stereocenters. The highest BCUT2D eigenvalue weighted by Gasteiger charge is 2.19. The number of carbonyl (C=O) groups is 1. The van der Waals surface area contributed by atoms with Gasteiger partial charge in [0.2, 0.25) is 0 Å². The Kier molecular flexibility index (Phi) is 5.67. The summed E-state index contributed by atoms with van der Waals surface area (Å²) in [6.07, 6.45) is 2.48. The maximum Gasteiger partial charge on any atom is 0.319 e. The van der Waals surface area contributed by atoms with Crippen molar-refractivity contribution >= 4 is 29.2 Å².